The summed E-state index contributed by atoms with van der Waals surface area (Å²) in [6, 6.07) is 7.04. The maximum atomic E-state index is 13.2. The van der Waals surface area contributed by atoms with Crippen LogP contribution in [0.25, 0.3) is 16.9 Å². The van der Waals surface area contributed by atoms with Crippen molar-refractivity contribution >= 4 is 5.65 Å². The molecule has 6 heteroatoms. The van der Waals surface area contributed by atoms with Gasteiger partial charge in [-0.25, -0.2) is 9.50 Å². The number of rotatable bonds is 2. The van der Waals surface area contributed by atoms with Crippen LogP contribution in [0.3, 0.4) is 0 Å². The summed E-state index contributed by atoms with van der Waals surface area (Å²) in [5.74, 6) is 0. The Balaban J connectivity index is 2.24. The zero-order valence-electron chi connectivity index (χ0n) is 12.1. The van der Waals surface area contributed by atoms with Gasteiger partial charge in [0.2, 0.25) is 0 Å². The van der Waals surface area contributed by atoms with E-state index in [4.69, 9.17) is 0 Å². The van der Waals surface area contributed by atoms with Crippen LogP contribution >= 0.6 is 0 Å². The molecule has 3 nitrogen and oxygen atoms in total. The van der Waals surface area contributed by atoms with Gasteiger partial charge in [-0.2, -0.15) is 18.3 Å². The Morgan fingerprint density at radius 2 is 1.86 bits per heavy atom. The fraction of sp³-hybridized carbons (Fsp3) is 0.250. The van der Waals surface area contributed by atoms with Crippen molar-refractivity contribution in [1.29, 1.82) is 0 Å². The molecule has 3 aromatic rings. The van der Waals surface area contributed by atoms with Crippen LogP contribution in [-0.2, 0) is 12.6 Å². The quantitative estimate of drug-likeness (QED) is 0.707. The van der Waals surface area contributed by atoms with Gasteiger partial charge in [-0.05, 0) is 25.5 Å². The fourth-order valence-electron chi connectivity index (χ4n) is 2.60. The minimum absolute atomic E-state index is 0.0819. The number of nitrogens with zero attached hydrogens (tertiary/aromatic N) is 3. The molecular formula is C16H14F3N3. The first-order valence-corrected chi connectivity index (χ1v) is 6.93. The Morgan fingerprint density at radius 3 is 2.55 bits per heavy atom. The molecule has 0 spiro atoms. The summed E-state index contributed by atoms with van der Waals surface area (Å²) in [6.45, 7) is 3.85. The van der Waals surface area contributed by atoms with Gasteiger partial charge in [0.05, 0.1) is 17.0 Å². The van der Waals surface area contributed by atoms with Gasteiger partial charge in [0.25, 0.3) is 0 Å². The van der Waals surface area contributed by atoms with E-state index in [-0.39, 0.29) is 5.56 Å². The van der Waals surface area contributed by atoms with Crippen LogP contribution in [-0.4, -0.2) is 14.6 Å². The van der Waals surface area contributed by atoms with Crippen molar-refractivity contribution in [2.24, 2.45) is 0 Å². The molecule has 2 aromatic heterocycles. The van der Waals surface area contributed by atoms with Crippen molar-refractivity contribution in [3.8, 4) is 11.3 Å². The maximum absolute atomic E-state index is 13.2. The minimum atomic E-state index is -4.41. The van der Waals surface area contributed by atoms with Crippen molar-refractivity contribution in [1.82, 2.24) is 14.6 Å². The van der Waals surface area contributed by atoms with Gasteiger partial charge < -0.3 is 0 Å². The monoisotopic (exact) mass is 305 g/mol. The van der Waals surface area contributed by atoms with Gasteiger partial charge in [-0.1, -0.05) is 25.1 Å². The van der Waals surface area contributed by atoms with E-state index in [0.29, 0.717) is 11.3 Å². The highest BCUT2D eigenvalue weighted by molar-refractivity contribution is 5.67. The summed E-state index contributed by atoms with van der Waals surface area (Å²) in [4.78, 5) is 4.41. The smallest absolute Gasteiger partial charge is 0.228 e. The van der Waals surface area contributed by atoms with Crippen molar-refractivity contribution in [3.05, 3.63) is 53.3 Å². The molecule has 0 aliphatic rings. The summed E-state index contributed by atoms with van der Waals surface area (Å²) in [5.41, 5.74) is 2.10. The molecule has 0 saturated heterocycles. The van der Waals surface area contributed by atoms with Crippen molar-refractivity contribution in [2.45, 2.75) is 26.4 Å². The van der Waals surface area contributed by atoms with Gasteiger partial charge >= 0.3 is 6.18 Å². The van der Waals surface area contributed by atoms with Crippen LogP contribution in [0.5, 0.6) is 0 Å². The van der Waals surface area contributed by atoms with Crippen molar-refractivity contribution in [3.63, 3.8) is 0 Å². The lowest BCUT2D eigenvalue weighted by atomic mass is 10.0. The molecule has 0 aliphatic heterocycles. The predicted molar refractivity (Wildman–Crippen MR) is 77.5 cm³/mol. The highest BCUT2D eigenvalue weighted by atomic mass is 19.4. The van der Waals surface area contributed by atoms with Crippen LogP contribution in [0.4, 0.5) is 13.2 Å². The molecule has 0 radical (unpaired) electrons. The third-order valence-electron chi connectivity index (χ3n) is 3.64. The third kappa shape index (κ3) is 2.34. The first kappa shape index (κ1) is 14.6. The number of halogens is 3. The summed E-state index contributed by atoms with van der Waals surface area (Å²) < 4.78 is 41.1. The topological polar surface area (TPSA) is 30.2 Å². The highest BCUT2D eigenvalue weighted by Crippen LogP contribution is 2.36. The van der Waals surface area contributed by atoms with Gasteiger partial charge in [-0.3, -0.25) is 0 Å². The molecule has 0 amide bonds. The SMILES string of the molecule is CCc1c(C)nn2ccc(-c3ccccc3C(F)(F)F)nc12. The highest BCUT2D eigenvalue weighted by Gasteiger charge is 2.33. The lowest BCUT2D eigenvalue weighted by Crippen LogP contribution is -2.07. The first-order valence-electron chi connectivity index (χ1n) is 6.93. The van der Waals surface area contributed by atoms with E-state index in [1.54, 1.807) is 22.8 Å². The fourth-order valence-corrected chi connectivity index (χ4v) is 2.60. The molecule has 0 unspecified atom stereocenters. The Kier molecular flexibility index (Phi) is 3.39. The number of benzene rings is 1. The van der Waals surface area contributed by atoms with Crippen molar-refractivity contribution < 1.29 is 13.2 Å². The number of hydrogen-bond acceptors (Lipinski definition) is 2. The van der Waals surface area contributed by atoms with Crippen LogP contribution < -0.4 is 0 Å². The van der Waals surface area contributed by atoms with Crippen LogP contribution in [0.15, 0.2) is 36.5 Å². The van der Waals surface area contributed by atoms with Gasteiger partial charge in [0.1, 0.15) is 0 Å². The van der Waals surface area contributed by atoms with Gasteiger partial charge in [-0.15, -0.1) is 0 Å². The van der Waals surface area contributed by atoms with E-state index in [1.165, 1.54) is 12.1 Å². The molecule has 3 rings (SSSR count). The molecule has 0 saturated carbocycles. The Labute approximate surface area is 125 Å². The molecule has 0 atom stereocenters. The van der Waals surface area contributed by atoms with Crippen LogP contribution in [0.1, 0.15) is 23.7 Å². The van der Waals surface area contributed by atoms with E-state index in [1.807, 2.05) is 13.8 Å². The summed E-state index contributed by atoms with van der Waals surface area (Å²) >= 11 is 0. The van der Waals surface area contributed by atoms with Crippen LogP contribution in [0, 0.1) is 6.92 Å². The Morgan fingerprint density at radius 1 is 1.14 bits per heavy atom. The summed E-state index contributed by atoms with van der Waals surface area (Å²) in [6.07, 6.45) is -2.03. The second-order valence-electron chi connectivity index (χ2n) is 5.04. The van der Waals surface area contributed by atoms with E-state index in [2.05, 4.69) is 10.1 Å². The summed E-state index contributed by atoms with van der Waals surface area (Å²) in [5, 5.41) is 4.32. The summed E-state index contributed by atoms with van der Waals surface area (Å²) in [7, 11) is 0. The molecule has 1 aromatic carbocycles. The van der Waals surface area contributed by atoms with Crippen molar-refractivity contribution in [2.75, 3.05) is 0 Å². The molecule has 0 N–H and O–H groups in total. The number of aryl methyl sites for hydroxylation is 2. The van der Waals surface area contributed by atoms with E-state index in [9.17, 15) is 13.2 Å². The number of aromatic nitrogens is 3. The predicted octanol–water partition coefficient (Wildman–Crippen LogP) is 4.29. The average Bonchev–Trinajstić information content (AvgIpc) is 2.80. The standard InChI is InChI=1S/C16H14F3N3/c1-3-11-10(2)21-22-9-8-14(20-15(11)22)12-6-4-5-7-13(12)16(17,18)19/h4-9H,3H2,1-2H3. The number of alkyl halides is 3. The van der Waals surface area contributed by atoms with Crippen LogP contribution in [0.2, 0.25) is 0 Å². The first-order chi connectivity index (χ1) is 10.4. The molecule has 2 heterocycles. The van der Waals surface area contributed by atoms with E-state index in [0.717, 1.165) is 23.7 Å². The minimum Gasteiger partial charge on any atom is -0.228 e. The number of hydrogen-bond donors (Lipinski definition) is 0. The lowest BCUT2D eigenvalue weighted by molar-refractivity contribution is -0.137. The zero-order chi connectivity index (χ0) is 15.9. The normalized spacial score (nSPS) is 12.0. The average molecular weight is 305 g/mol. The van der Waals surface area contributed by atoms with Gasteiger partial charge in [0, 0.05) is 17.3 Å². The second kappa shape index (κ2) is 5.12. The van der Waals surface area contributed by atoms with E-state index < -0.39 is 11.7 Å². The maximum Gasteiger partial charge on any atom is 0.417 e. The Bertz CT molecular complexity index is 834. The molecule has 0 fully saturated rings. The van der Waals surface area contributed by atoms with Gasteiger partial charge in [0.15, 0.2) is 5.65 Å². The Hall–Kier alpha value is -2.37. The lowest BCUT2D eigenvalue weighted by Gasteiger charge is -2.12. The second-order valence-corrected chi connectivity index (χ2v) is 5.04. The molecule has 0 bridgehead atoms. The van der Waals surface area contributed by atoms with E-state index >= 15 is 0 Å². The number of fused-ring (bicyclic) bond motifs is 1. The molecular weight excluding hydrogens is 291 g/mol. The zero-order valence-corrected chi connectivity index (χ0v) is 12.1. The molecule has 0 aliphatic carbocycles. The molecule has 22 heavy (non-hydrogen) atoms. The molecule has 114 valence electrons. The largest absolute Gasteiger partial charge is 0.417 e. The third-order valence-corrected chi connectivity index (χ3v) is 3.64.